The van der Waals surface area contributed by atoms with E-state index in [0.717, 1.165) is 66.3 Å². The topological polar surface area (TPSA) is 42.3 Å². The van der Waals surface area contributed by atoms with Gasteiger partial charge in [-0.1, -0.05) is 150 Å². The van der Waals surface area contributed by atoms with E-state index < -0.39 is 0 Å². The van der Waals surface area contributed by atoms with Crippen LogP contribution in [0.15, 0.2) is 170 Å². The molecule has 0 saturated carbocycles. The SMILES string of the molecule is Cc1cc(C)cc(-c2ccc3c4ccc(-c5cc(C)cc(C)c5)cc4n(-c4cccc5c4C(=O)N(c4cc(-c6ccccc6)cc(-c6ccccc6)c4)C5=O)c3c2)c1. The highest BCUT2D eigenvalue weighted by Crippen LogP contribution is 2.42. The molecule has 9 aromatic rings. The molecule has 2 heterocycles. The van der Waals surface area contributed by atoms with Gasteiger partial charge in [0.05, 0.1) is 33.5 Å². The van der Waals surface area contributed by atoms with E-state index in [1.807, 2.05) is 60.7 Å². The molecule has 0 atom stereocenters. The summed E-state index contributed by atoms with van der Waals surface area (Å²) in [4.78, 5) is 31.1. The van der Waals surface area contributed by atoms with E-state index in [0.29, 0.717) is 22.5 Å². The minimum absolute atomic E-state index is 0.335. The van der Waals surface area contributed by atoms with Crippen LogP contribution in [-0.2, 0) is 0 Å². The Bertz CT molecular complexity index is 2930. The van der Waals surface area contributed by atoms with Gasteiger partial charge in [0.15, 0.2) is 0 Å². The number of benzene rings is 8. The highest BCUT2D eigenvalue weighted by atomic mass is 16.2. The van der Waals surface area contributed by atoms with Crippen molar-refractivity contribution in [3.63, 3.8) is 0 Å². The van der Waals surface area contributed by atoms with Gasteiger partial charge in [-0.25, -0.2) is 4.90 Å². The second-order valence-corrected chi connectivity index (χ2v) is 15.7. The number of hydrogen-bond donors (Lipinski definition) is 0. The lowest BCUT2D eigenvalue weighted by atomic mass is 9.97. The lowest BCUT2D eigenvalue weighted by Gasteiger charge is -2.18. The third-order valence-corrected chi connectivity index (χ3v) is 11.4. The van der Waals surface area contributed by atoms with E-state index in [-0.39, 0.29) is 11.8 Å². The van der Waals surface area contributed by atoms with Gasteiger partial charge in [-0.3, -0.25) is 9.59 Å². The summed E-state index contributed by atoms with van der Waals surface area (Å²) in [6, 6.07) is 58.3. The van der Waals surface area contributed by atoms with Crippen molar-refractivity contribution in [1.82, 2.24) is 4.57 Å². The standard InChI is InChI=1S/C54H40N2O2/c1-33-22-34(2)25-41(24-33)39-18-20-46-47-21-19-40(42-26-35(3)23-36(4)27-42)32-51(47)56(50(46)31-39)49-17-11-16-48-52(49)54(58)55(53(48)57)45-29-43(37-12-7-5-8-13-37)28-44(30-45)38-14-9-6-10-15-38/h5-32H,1-4H3. The Morgan fingerprint density at radius 3 is 1.31 bits per heavy atom. The molecule has 8 aromatic carbocycles. The first-order valence-corrected chi connectivity index (χ1v) is 19.7. The Morgan fingerprint density at radius 1 is 0.362 bits per heavy atom. The van der Waals surface area contributed by atoms with E-state index in [1.54, 1.807) is 6.07 Å². The van der Waals surface area contributed by atoms with Crippen molar-refractivity contribution in [2.75, 3.05) is 4.90 Å². The van der Waals surface area contributed by atoms with E-state index in [9.17, 15) is 4.79 Å². The van der Waals surface area contributed by atoms with Gasteiger partial charge in [-0.15, -0.1) is 0 Å². The van der Waals surface area contributed by atoms with Crippen LogP contribution < -0.4 is 4.90 Å². The van der Waals surface area contributed by atoms with Crippen LogP contribution in [0.4, 0.5) is 5.69 Å². The van der Waals surface area contributed by atoms with Gasteiger partial charge in [0.2, 0.25) is 0 Å². The third kappa shape index (κ3) is 5.93. The molecule has 2 amide bonds. The number of aromatic nitrogens is 1. The maximum Gasteiger partial charge on any atom is 0.268 e. The van der Waals surface area contributed by atoms with Gasteiger partial charge < -0.3 is 4.57 Å². The predicted octanol–water partition coefficient (Wildman–Crippen LogP) is 13.5. The lowest BCUT2D eigenvalue weighted by Crippen LogP contribution is -2.29. The summed E-state index contributed by atoms with van der Waals surface area (Å²) in [5.74, 6) is -0.676. The fourth-order valence-corrected chi connectivity index (χ4v) is 8.94. The van der Waals surface area contributed by atoms with Gasteiger partial charge in [0.1, 0.15) is 0 Å². The quantitative estimate of drug-likeness (QED) is 0.159. The van der Waals surface area contributed by atoms with Crippen LogP contribution in [0.3, 0.4) is 0 Å². The zero-order valence-corrected chi connectivity index (χ0v) is 32.9. The van der Waals surface area contributed by atoms with Gasteiger partial charge in [-0.2, -0.15) is 0 Å². The number of anilines is 1. The van der Waals surface area contributed by atoms with Crippen LogP contribution in [0.5, 0.6) is 0 Å². The Morgan fingerprint density at radius 2 is 0.828 bits per heavy atom. The molecule has 0 aliphatic carbocycles. The van der Waals surface area contributed by atoms with Gasteiger partial charge in [-0.05, 0) is 115 Å². The number of amides is 2. The van der Waals surface area contributed by atoms with E-state index >= 15 is 4.79 Å². The van der Waals surface area contributed by atoms with E-state index in [1.165, 1.54) is 27.2 Å². The molecule has 58 heavy (non-hydrogen) atoms. The van der Waals surface area contributed by atoms with Crippen LogP contribution in [0.2, 0.25) is 0 Å². The number of hydrogen-bond acceptors (Lipinski definition) is 2. The summed E-state index contributed by atoms with van der Waals surface area (Å²) < 4.78 is 2.20. The summed E-state index contributed by atoms with van der Waals surface area (Å²) in [7, 11) is 0. The lowest BCUT2D eigenvalue weighted by molar-refractivity contribution is 0.0926. The van der Waals surface area contributed by atoms with E-state index in [4.69, 9.17) is 0 Å². The van der Waals surface area contributed by atoms with Crippen molar-refractivity contribution in [3.8, 4) is 50.2 Å². The summed E-state index contributed by atoms with van der Waals surface area (Å²) in [5, 5.41) is 2.15. The van der Waals surface area contributed by atoms with Crippen LogP contribution in [0, 0.1) is 27.7 Å². The number of nitrogens with zero attached hydrogens (tertiary/aromatic N) is 2. The Hall–Kier alpha value is -7.30. The summed E-state index contributed by atoms with van der Waals surface area (Å²) in [5.41, 5.74) is 17.0. The third-order valence-electron chi connectivity index (χ3n) is 11.4. The molecule has 0 fully saturated rings. The second-order valence-electron chi connectivity index (χ2n) is 15.7. The van der Waals surface area contributed by atoms with Gasteiger partial charge in [0.25, 0.3) is 11.8 Å². The smallest absolute Gasteiger partial charge is 0.268 e. The van der Waals surface area contributed by atoms with Crippen molar-refractivity contribution >= 4 is 39.3 Å². The second kappa shape index (κ2) is 13.7. The Balaban J connectivity index is 1.20. The zero-order chi connectivity index (χ0) is 39.7. The molecular weight excluding hydrogens is 709 g/mol. The molecule has 278 valence electrons. The average Bonchev–Trinajstić information content (AvgIpc) is 3.69. The molecule has 10 rings (SSSR count). The maximum atomic E-state index is 15.1. The largest absolute Gasteiger partial charge is 0.308 e. The van der Waals surface area contributed by atoms with Crippen molar-refractivity contribution in [1.29, 1.82) is 0 Å². The first-order chi connectivity index (χ1) is 28.2. The van der Waals surface area contributed by atoms with Gasteiger partial charge in [0, 0.05) is 10.8 Å². The molecule has 0 spiro atoms. The van der Waals surface area contributed by atoms with Crippen LogP contribution in [0.1, 0.15) is 43.0 Å². The first-order valence-electron chi connectivity index (χ1n) is 19.7. The number of carbonyl (C=O) groups is 2. The normalized spacial score (nSPS) is 12.5. The fraction of sp³-hybridized carbons (Fsp3) is 0.0741. The molecule has 4 nitrogen and oxygen atoms in total. The number of imide groups is 1. The van der Waals surface area contributed by atoms with Crippen molar-refractivity contribution in [2.45, 2.75) is 27.7 Å². The molecular formula is C54H40N2O2. The molecule has 0 radical (unpaired) electrons. The minimum Gasteiger partial charge on any atom is -0.308 e. The van der Waals surface area contributed by atoms with Crippen molar-refractivity contribution in [3.05, 3.63) is 203 Å². The van der Waals surface area contributed by atoms with Gasteiger partial charge >= 0.3 is 0 Å². The highest BCUT2D eigenvalue weighted by molar-refractivity contribution is 6.36. The van der Waals surface area contributed by atoms with Crippen molar-refractivity contribution in [2.24, 2.45) is 0 Å². The Labute approximate surface area is 338 Å². The first kappa shape index (κ1) is 35.1. The molecule has 1 aliphatic rings. The monoisotopic (exact) mass is 748 g/mol. The molecule has 1 aromatic heterocycles. The Kier molecular flexibility index (Phi) is 8.31. The number of rotatable bonds is 6. The maximum absolute atomic E-state index is 15.1. The molecule has 0 N–H and O–H groups in total. The summed E-state index contributed by atoms with van der Waals surface area (Å²) in [6.07, 6.45) is 0. The molecule has 0 unspecified atom stereocenters. The van der Waals surface area contributed by atoms with Crippen LogP contribution in [-0.4, -0.2) is 16.4 Å². The number of aryl methyl sites for hydroxylation is 4. The fourth-order valence-electron chi connectivity index (χ4n) is 8.94. The van der Waals surface area contributed by atoms with Crippen LogP contribution in [0.25, 0.3) is 72.0 Å². The van der Waals surface area contributed by atoms with Crippen molar-refractivity contribution < 1.29 is 9.59 Å². The summed E-state index contributed by atoms with van der Waals surface area (Å²) in [6.45, 7) is 8.50. The molecule has 0 saturated heterocycles. The molecule has 0 bridgehead atoms. The minimum atomic E-state index is -0.342. The zero-order valence-electron chi connectivity index (χ0n) is 32.9. The van der Waals surface area contributed by atoms with Crippen LogP contribution >= 0.6 is 0 Å². The highest BCUT2D eigenvalue weighted by Gasteiger charge is 2.40. The van der Waals surface area contributed by atoms with E-state index in [2.05, 4.69) is 135 Å². The molecule has 4 heteroatoms. The predicted molar refractivity (Wildman–Crippen MR) is 239 cm³/mol. The number of fused-ring (bicyclic) bond motifs is 4. The number of carbonyl (C=O) groups excluding carboxylic acids is 2. The summed E-state index contributed by atoms with van der Waals surface area (Å²) >= 11 is 0. The average molecular weight is 749 g/mol. The molecule has 1 aliphatic heterocycles.